The van der Waals surface area contributed by atoms with E-state index in [0.29, 0.717) is 5.92 Å². The van der Waals surface area contributed by atoms with E-state index in [1.54, 1.807) is 0 Å². The van der Waals surface area contributed by atoms with Gasteiger partial charge in [-0.15, -0.1) is 11.6 Å². The molecule has 0 saturated carbocycles. The number of hydrogen-bond acceptors (Lipinski definition) is 1. The van der Waals surface area contributed by atoms with E-state index in [-0.39, 0.29) is 0 Å². The summed E-state index contributed by atoms with van der Waals surface area (Å²) in [5.41, 5.74) is 1.04. The second-order valence-corrected chi connectivity index (χ2v) is 5.70. The van der Waals surface area contributed by atoms with Gasteiger partial charge in [-0.25, -0.2) is 0 Å². The number of nitrogens with zero attached hydrogens (tertiary/aromatic N) is 1. The molecule has 0 amide bonds. The van der Waals surface area contributed by atoms with Crippen molar-refractivity contribution in [3.05, 3.63) is 33.8 Å². The van der Waals surface area contributed by atoms with E-state index in [1.165, 1.54) is 12.8 Å². The van der Waals surface area contributed by atoms with Crippen molar-refractivity contribution >= 4 is 34.8 Å². The minimum atomic E-state index is 0.676. The Morgan fingerprint density at radius 2 is 1.71 bits per heavy atom. The predicted octanol–water partition coefficient (Wildman–Crippen LogP) is 4.44. The molecule has 1 aliphatic heterocycles. The molecule has 1 aromatic carbocycles. The van der Waals surface area contributed by atoms with Gasteiger partial charge in [-0.1, -0.05) is 29.3 Å². The number of halogens is 3. The third-order valence-corrected chi connectivity index (χ3v) is 4.51. The molecule has 1 aromatic rings. The predicted molar refractivity (Wildman–Crippen MR) is 75.2 cm³/mol. The molecule has 0 radical (unpaired) electrons. The van der Waals surface area contributed by atoms with Gasteiger partial charge in [0.2, 0.25) is 0 Å². The lowest BCUT2D eigenvalue weighted by Gasteiger charge is -2.31. The first-order valence-corrected chi connectivity index (χ1v) is 7.21. The molecule has 0 aliphatic carbocycles. The van der Waals surface area contributed by atoms with Crippen LogP contribution in [0.4, 0.5) is 0 Å². The highest BCUT2D eigenvalue weighted by Crippen LogP contribution is 2.27. The fourth-order valence-electron chi connectivity index (χ4n) is 2.21. The van der Waals surface area contributed by atoms with Crippen LogP contribution in [0.2, 0.25) is 10.0 Å². The average Bonchev–Trinajstić information content (AvgIpc) is 2.35. The molecule has 1 saturated heterocycles. The molecule has 1 heterocycles. The zero-order chi connectivity index (χ0) is 12.3. The van der Waals surface area contributed by atoms with Gasteiger partial charge in [0.15, 0.2) is 0 Å². The first-order valence-electron chi connectivity index (χ1n) is 5.92. The number of rotatable bonds is 3. The fourth-order valence-corrected chi connectivity index (χ4v) is 3.03. The van der Waals surface area contributed by atoms with Crippen molar-refractivity contribution in [1.29, 1.82) is 0 Å². The van der Waals surface area contributed by atoms with Gasteiger partial charge in [-0.05, 0) is 44.0 Å². The summed E-state index contributed by atoms with van der Waals surface area (Å²) < 4.78 is 0. The molecule has 17 heavy (non-hydrogen) atoms. The van der Waals surface area contributed by atoms with Crippen LogP contribution in [-0.2, 0) is 6.54 Å². The van der Waals surface area contributed by atoms with Gasteiger partial charge in [0.25, 0.3) is 0 Å². The smallest absolute Gasteiger partial charge is 0.0465 e. The van der Waals surface area contributed by atoms with Gasteiger partial charge in [0.1, 0.15) is 0 Å². The van der Waals surface area contributed by atoms with Crippen LogP contribution >= 0.6 is 34.8 Å². The lowest BCUT2D eigenvalue weighted by molar-refractivity contribution is 0.186. The lowest BCUT2D eigenvalue weighted by atomic mass is 9.98. The van der Waals surface area contributed by atoms with E-state index in [0.717, 1.165) is 41.1 Å². The summed E-state index contributed by atoms with van der Waals surface area (Å²) in [6, 6.07) is 5.68. The molecular formula is C13H16Cl3N. The number of benzene rings is 1. The molecule has 4 heteroatoms. The molecule has 0 spiro atoms. The summed E-state index contributed by atoms with van der Waals surface area (Å²) in [6.07, 6.45) is 2.34. The van der Waals surface area contributed by atoms with Crippen LogP contribution in [0.25, 0.3) is 0 Å². The van der Waals surface area contributed by atoms with Gasteiger partial charge < -0.3 is 0 Å². The van der Waals surface area contributed by atoms with Crippen LogP contribution in [-0.4, -0.2) is 23.9 Å². The molecule has 0 atom stereocenters. The summed E-state index contributed by atoms with van der Waals surface area (Å²) in [4.78, 5) is 2.40. The van der Waals surface area contributed by atoms with E-state index in [4.69, 9.17) is 34.8 Å². The summed E-state index contributed by atoms with van der Waals surface area (Å²) in [7, 11) is 0. The third-order valence-electron chi connectivity index (χ3n) is 3.37. The Morgan fingerprint density at radius 3 is 2.24 bits per heavy atom. The van der Waals surface area contributed by atoms with Crippen LogP contribution in [0.15, 0.2) is 18.2 Å². The van der Waals surface area contributed by atoms with Crippen LogP contribution in [0.5, 0.6) is 0 Å². The minimum absolute atomic E-state index is 0.676. The van der Waals surface area contributed by atoms with Gasteiger partial charge >= 0.3 is 0 Å². The van der Waals surface area contributed by atoms with Crippen molar-refractivity contribution in [2.24, 2.45) is 5.92 Å². The van der Waals surface area contributed by atoms with Crippen molar-refractivity contribution in [2.75, 3.05) is 19.0 Å². The maximum Gasteiger partial charge on any atom is 0.0465 e. The van der Waals surface area contributed by atoms with Gasteiger partial charge in [-0.2, -0.15) is 0 Å². The summed E-state index contributed by atoms with van der Waals surface area (Å²) in [5.74, 6) is 1.45. The molecule has 0 bridgehead atoms. The van der Waals surface area contributed by atoms with Gasteiger partial charge in [-0.3, -0.25) is 4.90 Å². The Bertz CT molecular complexity index is 353. The van der Waals surface area contributed by atoms with E-state index < -0.39 is 0 Å². The highest BCUT2D eigenvalue weighted by atomic mass is 35.5. The zero-order valence-corrected chi connectivity index (χ0v) is 11.9. The number of piperidine rings is 1. The van der Waals surface area contributed by atoms with Crippen LogP contribution in [0.1, 0.15) is 18.4 Å². The van der Waals surface area contributed by atoms with Crippen molar-refractivity contribution < 1.29 is 0 Å². The van der Waals surface area contributed by atoms with E-state index >= 15 is 0 Å². The van der Waals surface area contributed by atoms with Crippen LogP contribution in [0.3, 0.4) is 0 Å². The standard InChI is InChI=1S/C13H16Cl3N/c14-8-10-4-6-17(7-5-10)9-11-12(15)2-1-3-13(11)16/h1-3,10H,4-9H2. The maximum atomic E-state index is 6.17. The highest BCUT2D eigenvalue weighted by Gasteiger charge is 2.19. The molecule has 0 unspecified atom stereocenters. The third kappa shape index (κ3) is 3.51. The lowest BCUT2D eigenvalue weighted by Crippen LogP contribution is -2.33. The monoisotopic (exact) mass is 291 g/mol. The quantitative estimate of drug-likeness (QED) is 0.744. The Labute approximate surface area is 118 Å². The molecule has 2 rings (SSSR count). The Hall–Kier alpha value is 0.0500. The first kappa shape index (κ1) is 13.5. The number of alkyl halides is 1. The summed E-state index contributed by atoms with van der Waals surface area (Å²) in [5, 5.41) is 1.52. The SMILES string of the molecule is ClCC1CCN(Cc2c(Cl)cccc2Cl)CC1. The van der Waals surface area contributed by atoms with E-state index in [9.17, 15) is 0 Å². The first-order chi connectivity index (χ1) is 8.20. The Morgan fingerprint density at radius 1 is 1.12 bits per heavy atom. The van der Waals surface area contributed by atoms with Crippen LogP contribution < -0.4 is 0 Å². The minimum Gasteiger partial charge on any atom is -0.299 e. The molecule has 0 N–H and O–H groups in total. The normalized spacial score (nSPS) is 18.5. The second kappa shape index (κ2) is 6.29. The summed E-state index contributed by atoms with van der Waals surface area (Å²) in [6.45, 7) is 3.01. The Balaban J connectivity index is 1.98. The van der Waals surface area contributed by atoms with E-state index in [2.05, 4.69) is 4.90 Å². The van der Waals surface area contributed by atoms with Crippen molar-refractivity contribution in [3.8, 4) is 0 Å². The average molecular weight is 293 g/mol. The zero-order valence-electron chi connectivity index (χ0n) is 9.63. The van der Waals surface area contributed by atoms with E-state index in [1.807, 2.05) is 18.2 Å². The van der Waals surface area contributed by atoms with Gasteiger partial charge in [0.05, 0.1) is 0 Å². The number of likely N-dealkylation sites (tertiary alicyclic amines) is 1. The second-order valence-electron chi connectivity index (χ2n) is 4.57. The van der Waals surface area contributed by atoms with Crippen LogP contribution in [0, 0.1) is 5.92 Å². The van der Waals surface area contributed by atoms with Crippen molar-refractivity contribution in [1.82, 2.24) is 4.90 Å². The Kier molecular flexibility index (Phi) is 4.98. The molecule has 0 aromatic heterocycles. The largest absolute Gasteiger partial charge is 0.299 e. The molecular weight excluding hydrogens is 277 g/mol. The molecule has 94 valence electrons. The molecule has 1 aliphatic rings. The maximum absolute atomic E-state index is 6.17. The molecule has 1 nitrogen and oxygen atoms in total. The van der Waals surface area contributed by atoms with Gasteiger partial charge in [0, 0.05) is 28.0 Å². The van der Waals surface area contributed by atoms with Crippen molar-refractivity contribution in [3.63, 3.8) is 0 Å². The topological polar surface area (TPSA) is 3.24 Å². The molecule has 1 fully saturated rings. The fraction of sp³-hybridized carbons (Fsp3) is 0.538. The summed E-state index contributed by atoms with van der Waals surface area (Å²) >= 11 is 18.2. The van der Waals surface area contributed by atoms with Crippen molar-refractivity contribution in [2.45, 2.75) is 19.4 Å². The number of hydrogen-bond donors (Lipinski definition) is 0. The highest BCUT2D eigenvalue weighted by molar-refractivity contribution is 6.35.